The SMILES string of the molecule is O=C(CSc1ccccc1)NCC[C@H]1CCCN1. The Morgan fingerprint density at radius 2 is 2.22 bits per heavy atom. The van der Waals surface area contributed by atoms with Crippen molar-refractivity contribution in [1.29, 1.82) is 0 Å². The first-order valence-electron chi connectivity index (χ1n) is 6.52. The molecule has 1 aliphatic rings. The predicted molar refractivity (Wildman–Crippen MR) is 75.8 cm³/mol. The molecule has 2 rings (SSSR count). The zero-order valence-corrected chi connectivity index (χ0v) is 11.3. The van der Waals surface area contributed by atoms with Crippen LogP contribution in [0.1, 0.15) is 19.3 Å². The van der Waals surface area contributed by atoms with Gasteiger partial charge in [0.05, 0.1) is 5.75 Å². The van der Waals surface area contributed by atoms with Crippen molar-refractivity contribution >= 4 is 17.7 Å². The molecule has 1 atom stereocenters. The van der Waals surface area contributed by atoms with E-state index in [9.17, 15) is 4.79 Å². The fraction of sp³-hybridized carbons (Fsp3) is 0.500. The number of nitrogens with one attached hydrogen (secondary N) is 2. The van der Waals surface area contributed by atoms with Gasteiger partial charge in [0.25, 0.3) is 0 Å². The average Bonchev–Trinajstić information content (AvgIpc) is 2.91. The molecule has 98 valence electrons. The maximum Gasteiger partial charge on any atom is 0.230 e. The molecule has 4 heteroatoms. The molecule has 2 N–H and O–H groups in total. The second-order valence-corrected chi connectivity index (χ2v) is 5.58. The van der Waals surface area contributed by atoms with Crippen LogP contribution < -0.4 is 10.6 Å². The summed E-state index contributed by atoms with van der Waals surface area (Å²) in [7, 11) is 0. The molecule has 3 nitrogen and oxygen atoms in total. The topological polar surface area (TPSA) is 41.1 Å². The molecular weight excluding hydrogens is 244 g/mol. The summed E-state index contributed by atoms with van der Waals surface area (Å²) in [6, 6.07) is 10.6. The molecular formula is C14H20N2OS. The minimum atomic E-state index is 0.127. The third-order valence-electron chi connectivity index (χ3n) is 3.09. The maximum absolute atomic E-state index is 11.6. The van der Waals surface area contributed by atoms with E-state index in [1.807, 2.05) is 30.3 Å². The van der Waals surface area contributed by atoms with Crippen LogP contribution in [0.4, 0.5) is 0 Å². The van der Waals surface area contributed by atoms with Gasteiger partial charge in [0, 0.05) is 17.5 Å². The number of hydrogen-bond donors (Lipinski definition) is 2. The van der Waals surface area contributed by atoms with Crippen molar-refractivity contribution in [2.75, 3.05) is 18.8 Å². The van der Waals surface area contributed by atoms with Crippen LogP contribution in [-0.4, -0.2) is 30.8 Å². The van der Waals surface area contributed by atoms with Crippen LogP contribution in [0.2, 0.25) is 0 Å². The van der Waals surface area contributed by atoms with Gasteiger partial charge in [-0.15, -0.1) is 11.8 Å². The normalized spacial score (nSPS) is 18.8. The molecule has 1 aromatic rings. The molecule has 0 unspecified atom stereocenters. The van der Waals surface area contributed by atoms with Crippen LogP contribution in [0.25, 0.3) is 0 Å². The van der Waals surface area contributed by atoms with Crippen LogP contribution in [0.15, 0.2) is 35.2 Å². The Morgan fingerprint density at radius 3 is 2.94 bits per heavy atom. The van der Waals surface area contributed by atoms with Crippen molar-refractivity contribution in [3.8, 4) is 0 Å². The van der Waals surface area contributed by atoms with E-state index in [-0.39, 0.29) is 5.91 Å². The third-order valence-corrected chi connectivity index (χ3v) is 4.10. The first-order valence-corrected chi connectivity index (χ1v) is 7.51. The van der Waals surface area contributed by atoms with E-state index in [1.165, 1.54) is 12.8 Å². The van der Waals surface area contributed by atoms with Crippen molar-refractivity contribution in [2.45, 2.75) is 30.2 Å². The van der Waals surface area contributed by atoms with Gasteiger partial charge in [0.1, 0.15) is 0 Å². The van der Waals surface area contributed by atoms with Gasteiger partial charge in [-0.25, -0.2) is 0 Å². The van der Waals surface area contributed by atoms with Gasteiger partial charge >= 0.3 is 0 Å². The van der Waals surface area contributed by atoms with E-state index >= 15 is 0 Å². The van der Waals surface area contributed by atoms with Crippen molar-refractivity contribution in [3.63, 3.8) is 0 Å². The summed E-state index contributed by atoms with van der Waals surface area (Å²) in [6.07, 6.45) is 3.55. The number of thioether (sulfide) groups is 1. The van der Waals surface area contributed by atoms with Crippen molar-refractivity contribution in [1.82, 2.24) is 10.6 Å². The molecule has 1 saturated heterocycles. The van der Waals surface area contributed by atoms with Gasteiger partial charge in [0.15, 0.2) is 0 Å². The number of rotatable bonds is 6. The van der Waals surface area contributed by atoms with Gasteiger partial charge < -0.3 is 10.6 Å². The van der Waals surface area contributed by atoms with Crippen molar-refractivity contribution < 1.29 is 4.79 Å². The summed E-state index contributed by atoms with van der Waals surface area (Å²) in [6.45, 7) is 1.91. The standard InChI is InChI=1S/C14H20N2OS/c17-14(11-18-13-6-2-1-3-7-13)16-10-8-12-5-4-9-15-12/h1-3,6-7,12,15H,4-5,8-11H2,(H,16,17)/t12-/m1/s1. The highest BCUT2D eigenvalue weighted by Crippen LogP contribution is 2.16. The van der Waals surface area contributed by atoms with E-state index < -0.39 is 0 Å². The summed E-state index contributed by atoms with van der Waals surface area (Å²) >= 11 is 1.58. The average molecular weight is 264 g/mol. The Bertz CT molecular complexity index is 363. The van der Waals surface area contributed by atoms with Crippen LogP contribution in [0.5, 0.6) is 0 Å². The second-order valence-electron chi connectivity index (χ2n) is 4.53. The Labute approximate surface area is 113 Å². The molecule has 1 aromatic carbocycles. The summed E-state index contributed by atoms with van der Waals surface area (Å²) in [4.78, 5) is 12.8. The summed E-state index contributed by atoms with van der Waals surface area (Å²) in [5, 5.41) is 6.41. The number of hydrogen-bond acceptors (Lipinski definition) is 3. The Balaban J connectivity index is 1.57. The Kier molecular flexibility index (Phi) is 5.55. The predicted octanol–water partition coefficient (Wildman–Crippen LogP) is 2.04. The minimum absolute atomic E-state index is 0.127. The van der Waals surface area contributed by atoms with Crippen LogP contribution in [-0.2, 0) is 4.79 Å². The molecule has 0 spiro atoms. The van der Waals surface area contributed by atoms with Crippen LogP contribution in [0, 0.1) is 0 Å². The van der Waals surface area contributed by atoms with E-state index in [4.69, 9.17) is 0 Å². The molecule has 1 amide bonds. The smallest absolute Gasteiger partial charge is 0.230 e. The minimum Gasteiger partial charge on any atom is -0.355 e. The van der Waals surface area contributed by atoms with Gasteiger partial charge in [-0.2, -0.15) is 0 Å². The lowest BCUT2D eigenvalue weighted by Crippen LogP contribution is -2.31. The highest BCUT2D eigenvalue weighted by molar-refractivity contribution is 8.00. The first-order chi connectivity index (χ1) is 8.84. The molecule has 0 saturated carbocycles. The molecule has 1 fully saturated rings. The lowest BCUT2D eigenvalue weighted by molar-refractivity contribution is -0.118. The number of carbonyl (C=O) groups excluding carboxylic acids is 1. The van der Waals surface area contributed by atoms with Gasteiger partial charge in [-0.1, -0.05) is 18.2 Å². The molecule has 1 aliphatic heterocycles. The number of carbonyl (C=O) groups is 1. The lowest BCUT2D eigenvalue weighted by atomic mass is 10.1. The zero-order valence-electron chi connectivity index (χ0n) is 10.5. The Hall–Kier alpha value is -1.00. The van der Waals surface area contributed by atoms with E-state index in [2.05, 4.69) is 10.6 Å². The van der Waals surface area contributed by atoms with Gasteiger partial charge in [-0.05, 0) is 37.9 Å². The van der Waals surface area contributed by atoms with Crippen molar-refractivity contribution in [2.24, 2.45) is 0 Å². The maximum atomic E-state index is 11.6. The number of benzene rings is 1. The molecule has 0 radical (unpaired) electrons. The fourth-order valence-corrected chi connectivity index (χ4v) is 2.85. The molecule has 1 heterocycles. The molecule has 0 aliphatic carbocycles. The van der Waals surface area contributed by atoms with Gasteiger partial charge in [-0.3, -0.25) is 4.79 Å². The molecule has 18 heavy (non-hydrogen) atoms. The number of amides is 1. The third kappa shape index (κ3) is 4.70. The quantitative estimate of drug-likeness (QED) is 0.773. The highest BCUT2D eigenvalue weighted by atomic mass is 32.2. The van der Waals surface area contributed by atoms with Gasteiger partial charge in [0.2, 0.25) is 5.91 Å². The molecule has 0 aromatic heterocycles. The van der Waals surface area contributed by atoms with Crippen LogP contribution >= 0.6 is 11.8 Å². The summed E-state index contributed by atoms with van der Waals surface area (Å²) in [5.74, 6) is 0.629. The summed E-state index contributed by atoms with van der Waals surface area (Å²) < 4.78 is 0. The highest BCUT2D eigenvalue weighted by Gasteiger charge is 2.13. The fourth-order valence-electron chi connectivity index (χ4n) is 2.11. The zero-order chi connectivity index (χ0) is 12.6. The second kappa shape index (κ2) is 7.44. The largest absolute Gasteiger partial charge is 0.355 e. The van der Waals surface area contributed by atoms with Crippen molar-refractivity contribution in [3.05, 3.63) is 30.3 Å². The lowest BCUT2D eigenvalue weighted by Gasteiger charge is -2.10. The van der Waals surface area contributed by atoms with Crippen LogP contribution in [0.3, 0.4) is 0 Å². The van der Waals surface area contributed by atoms with E-state index in [0.717, 1.165) is 24.4 Å². The Morgan fingerprint density at radius 1 is 1.39 bits per heavy atom. The monoisotopic (exact) mass is 264 g/mol. The first kappa shape index (κ1) is 13.4. The molecule has 0 bridgehead atoms. The van der Waals surface area contributed by atoms with E-state index in [1.54, 1.807) is 11.8 Å². The summed E-state index contributed by atoms with van der Waals surface area (Å²) in [5.41, 5.74) is 0. The van der Waals surface area contributed by atoms with E-state index in [0.29, 0.717) is 11.8 Å².